The van der Waals surface area contributed by atoms with Crippen molar-refractivity contribution in [2.45, 2.75) is 26.7 Å². The summed E-state index contributed by atoms with van der Waals surface area (Å²) >= 11 is 0. The Morgan fingerprint density at radius 1 is 1.30 bits per heavy atom. The number of aryl methyl sites for hydroxylation is 1. The molecule has 0 bridgehead atoms. The van der Waals surface area contributed by atoms with Crippen LogP contribution in [0.2, 0.25) is 0 Å². The third kappa shape index (κ3) is 3.85. The van der Waals surface area contributed by atoms with Gasteiger partial charge in [-0.05, 0) is 25.0 Å². The number of nitrogens with one attached hydrogen (secondary N) is 2. The summed E-state index contributed by atoms with van der Waals surface area (Å²) < 4.78 is 5.57. The van der Waals surface area contributed by atoms with E-state index in [0.717, 1.165) is 30.0 Å². The third-order valence-corrected chi connectivity index (χ3v) is 2.73. The number of hydrogen-bond donors (Lipinski definition) is 2. The monoisotopic (exact) mass is 273 g/mol. The van der Waals surface area contributed by atoms with Gasteiger partial charge >= 0.3 is 0 Å². The molecular weight excluding hydrogens is 254 g/mol. The molecule has 1 heterocycles. The number of aromatic amines is 1. The number of anilines is 2. The van der Waals surface area contributed by atoms with Gasteiger partial charge in [0.15, 0.2) is 0 Å². The van der Waals surface area contributed by atoms with Crippen LogP contribution >= 0.6 is 0 Å². The minimum Gasteiger partial charge on any atom is -0.494 e. The Morgan fingerprint density at radius 3 is 2.90 bits per heavy atom. The quantitative estimate of drug-likeness (QED) is 0.849. The number of nitrogens with zero attached hydrogens (tertiary/aromatic N) is 1. The van der Waals surface area contributed by atoms with Gasteiger partial charge in [-0.1, -0.05) is 19.9 Å². The molecule has 0 spiro atoms. The molecule has 20 heavy (non-hydrogen) atoms. The second-order valence-corrected chi connectivity index (χ2v) is 4.44. The normalized spacial score (nSPS) is 10.3. The minimum atomic E-state index is -0.155. The van der Waals surface area contributed by atoms with E-state index in [1.54, 1.807) is 0 Å². The van der Waals surface area contributed by atoms with Crippen LogP contribution in [0, 0.1) is 0 Å². The van der Waals surface area contributed by atoms with E-state index in [1.807, 2.05) is 31.2 Å². The highest BCUT2D eigenvalue weighted by Gasteiger charge is 2.02. The fraction of sp³-hybridized carbons (Fsp3) is 0.333. The molecule has 0 radical (unpaired) electrons. The molecule has 0 fully saturated rings. The number of H-pyrrole nitrogens is 1. The molecule has 1 aromatic heterocycles. The summed E-state index contributed by atoms with van der Waals surface area (Å²) in [6.45, 7) is 4.71. The molecule has 0 aliphatic heterocycles. The summed E-state index contributed by atoms with van der Waals surface area (Å²) in [5, 5.41) is 3.09. The summed E-state index contributed by atoms with van der Waals surface area (Å²) in [6.07, 6.45) is 1.68. The summed E-state index contributed by atoms with van der Waals surface area (Å²) in [4.78, 5) is 18.5. The molecule has 1 aromatic carbocycles. The van der Waals surface area contributed by atoms with E-state index in [9.17, 15) is 4.79 Å². The molecule has 5 nitrogen and oxygen atoms in total. The Balaban J connectivity index is 2.17. The average Bonchev–Trinajstić information content (AvgIpc) is 2.45. The summed E-state index contributed by atoms with van der Waals surface area (Å²) in [7, 11) is 0. The van der Waals surface area contributed by atoms with E-state index in [4.69, 9.17) is 4.74 Å². The molecule has 0 unspecified atom stereocenters. The topological polar surface area (TPSA) is 67.0 Å². The van der Waals surface area contributed by atoms with Gasteiger partial charge < -0.3 is 10.1 Å². The van der Waals surface area contributed by atoms with Crippen LogP contribution in [-0.4, -0.2) is 16.6 Å². The van der Waals surface area contributed by atoms with E-state index in [1.165, 1.54) is 6.07 Å². The maximum Gasteiger partial charge on any atom is 0.252 e. The van der Waals surface area contributed by atoms with Crippen molar-refractivity contribution in [3.05, 3.63) is 46.4 Å². The van der Waals surface area contributed by atoms with Crippen molar-refractivity contribution in [1.82, 2.24) is 9.97 Å². The zero-order valence-electron chi connectivity index (χ0n) is 11.8. The van der Waals surface area contributed by atoms with Crippen LogP contribution in [0.4, 0.5) is 11.6 Å². The van der Waals surface area contributed by atoms with Crippen molar-refractivity contribution in [3.63, 3.8) is 0 Å². The average molecular weight is 273 g/mol. The molecule has 5 heteroatoms. The van der Waals surface area contributed by atoms with Crippen molar-refractivity contribution in [1.29, 1.82) is 0 Å². The first-order valence-electron chi connectivity index (χ1n) is 6.81. The van der Waals surface area contributed by atoms with Gasteiger partial charge in [0.1, 0.15) is 5.75 Å². The van der Waals surface area contributed by atoms with Gasteiger partial charge in [-0.2, -0.15) is 0 Å². The molecule has 0 saturated carbocycles. The van der Waals surface area contributed by atoms with E-state index >= 15 is 0 Å². The molecular formula is C15H19N3O2. The van der Waals surface area contributed by atoms with E-state index in [0.29, 0.717) is 12.6 Å². The van der Waals surface area contributed by atoms with E-state index in [-0.39, 0.29) is 5.56 Å². The summed E-state index contributed by atoms with van der Waals surface area (Å²) in [6, 6.07) is 9.09. The minimum absolute atomic E-state index is 0.155. The number of aromatic nitrogens is 2. The van der Waals surface area contributed by atoms with Crippen molar-refractivity contribution >= 4 is 11.6 Å². The summed E-state index contributed by atoms with van der Waals surface area (Å²) in [5.74, 6) is 1.24. The molecule has 0 aliphatic rings. The molecule has 0 aliphatic carbocycles. The van der Waals surface area contributed by atoms with E-state index in [2.05, 4.69) is 22.2 Å². The Morgan fingerprint density at radius 2 is 2.15 bits per heavy atom. The highest BCUT2D eigenvalue weighted by molar-refractivity contribution is 5.55. The van der Waals surface area contributed by atoms with Gasteiger partial charge in [0.05, 0.1) is 6.61 Å². The van der Waals surface area contributed by atoms with Gasteiger partial charge in [0, 0.05) is 23.5 Å². The predicted molar refractivity (Wildman–Crippen MR) is 79.7 cm³/mol. The first-order valence-corrected chi connectivity index (χ1v) is 6.81. The number of rotatable bonds is 6. The molecule has 2 rings (SSSR count). The van der Waals surface area contributed by atoms with Crippen LogP contribution in [0.5, 0.6) is 5.75 Å². The van der Waals surface area contributed by atoms with Crippen molar-refractivity contribution in [3.8, 4) is 5.75 Å². The Kier molecular flexibility index (Phi) is 4.76. The number of ether oxygens (including phenoxy) is 1. The Bertz CT molecular complexity index is 623. The largest absolute Gasteiger partial charge is 0.494 e. The first kappa shape index (κ1) is 14.1. The Labute approximate surface area is 118 Å². The van der Waals surface area contributed by atoms with Crippen molar-refractivity contribution in [2.75, 3.05) is 11.9 Å². The first-order chi connectivity index (χ1) is 9.71. The lowest BCUT2D eigenvalue weighted by Crippen LogP contribution is -2.11. The van der Waals surface area contributed by atoms with Crippen LogP contribution in [-0.2, 0) is 6.42 Å². The third-order valence-electron chi connectivity index (χ3n) is 2.73. The van der Waals surface area contributed by atoms with Crippen LogP contribution in [0.15, 0.2) is 35.1 Å². The highest BCUT2D eigenvalue weighted by Crippen LogP contribution is 2.19. The molecule has 106 valence electrons. The van der Waals surface area contributed by atoms with Crippen LogP contribution < -0.4 is 15.6 Å². The van der Waals surface area contributed by atoms with Gasteiger partial charge in [-0.3, -0.25) is 9.78 Å². The smallest absolute Gasteiger partial charge is 0.252 e. The molecule has 0 atom stereocenters. The molecule has 2 N–H and O–H groups in total. The predicted octanol–water partition coefficient (Wildman–Crippen LogP) is 2.86. The van der Waals surface area contributed by atoms with E-state index < -0.39 is 0 Å². The van der Waals surface area contributed by atoms with Gasteiger partial charge in [0.2, 0.25) is 5.95 Å². The highest BCUT2D eigenvalue weighted by atomic mass is 16.5. The Hall–Kier alpha value is -2.30. The summed E-state index contributed by atoms with van der Waals surface area (Å²) in [5.41, 5.74) is 1.43. The lowest BCUT2D eigenvalue weighted by molar-refractivity contribution is 0.317. The second kappa shape index (κ2) is 6.75. The fourth-order valence-corrected chi connectivity index (χ4v) is 1.77. The lowest BCUT2D eigenvalue weighted by Gasteiger charge is -2.09. The second-order valence-electron chi connectivity index (χ2n) is 4.44. The molecule has 0 saturated heterocycles. The van der Waals surface area contributed by atoms with Crippen LogP contribution in [0.25, 0.3) is 0 Å². The maximum absolute atomic E-state index is 11.5. The zero-order chi connectivity index (χ0) is 14.4. The van der Waals surface area contributed by atoms with Gasteiger partial charge in [-0.25, -0.2) is 4.98 Å². The van der Waals surface area contributed by atoms with Crippen LogP contribution in [0.1, 0.15) is 26.0 Å². The standard InChI is InChI=1S/C15H19N3O2/c1-3-8-20-13-7-5-6-12(9-13)17-15-16-11(4-2)10-14(19)18-15/h5-7,9-10H,3-4,8H2,1-2H3,(H2,16,17,18,19). The zero-order valence-corrected chi connectivity index (χ0v) is 11.8. The van der Waals surface area contributed by atoms with Gasteiger partial charge in [0.25, 0.3) is 5.56 Å². The molecule has 2 aromatic rings. The van der Waals surface area contributed by atoms with Gasteiger partial charge in [-0.15, -0.1) is 0 Å². The fourth-order valence-electron chi connectivity index (χ4n) is 1.77. The number of benzene rings is 1. The number of hydrogen-bond acceptors (Lipinski definition) is 4. The SMILES string of the molecule is CCCOc1cccc(Nc2nc(CC)cc(=O)[nH]2)c1. The lowest BCUT2D eigenvalue weighted by atomic mass is 10.3. The molecule has 0 amide bonds. The van der Waals surface area contributed by atoms with Crippen molar-refractivity contribution in [2.24, 2.45) is 0 Å². The van der Waals surface area contributed by atoms with Crippen LogP contribution in [0.3, 0.4) is 0 Å². The maximum atomic E-state index is 11.5. The van der Waals surface area contributed by atoms with Crippen molar-refractivity contribution < 1.29 is 4.74 Å².